The lowest BCUT2D eigenvalue weighted by Gasteiger charge is -2.04. The molecule has 0 aliphatic carbocycles. The Balaban J connectivity index is 1.56. The van der Waals surface area contributed by atoms with Crippen molar-refractivity contribution < 1.29 is 17.9 Å². The van der Waals surface area contributed by atoms with Crippen LogP contribution >= 0.6 is 22.9 Å². The predicted molar refractivity (Wildman–Crippen MR) is 108 cm³/mol. The predicted octanol–water partition coefficient (Wildman–Crippen LogP) is 3.49. The van der Waals surface area contributed by atoms with Crippen LogP contribution in [0.25, 0.3) is 0 Å². The van der Waals surface area contributed by atoms with Crippen LogP contribution in [0.3, 0.4) is 0 Å². The second-order valence-corrected chi connectivity index (χ2v) is 9.35. The van der Waals surface area contributed by atoms with E-state index in [2.05, 4.69) is 15.5 Å². The Kier molecular flexibility index (Phi) is 6.28. The van der Waals surface area contributed by atoms with Gasteiger partial charge in [-0.3, -0.25) is 10.1 Å². The molecule has 0 saturated heterocycles. The molecule has 28 heavy (non-hydrogen) atoms. The fraction of sp³-hybridized carbons (Fsp3) is 0.167. The summed E-state index contributed by atoms with van der Waals surface area (Å²) in [7, 11) is -3.73. The highest BCUT2D eigenvalue weighted by Gasteiger charge is 2.20. The number of ether oxygens (including phenoxy) is 1. The molecule has 0 aliphatic heterocycles. The molecule has 0 spiro atoms. The van der Waals surface area contributed by atoms with Crippen molar-refractivity contribution in [2.45, 2.75) is 18.4 Å². The molecule has 1 heterocycles. The SMILES string of the molecule is Cc1ccc(S(=O)(=O)CC(=O)Nc2nnc(COc3ccc(Cl)cc3)s2)cc1. The normalized spacial score (nSPS) is 11.2. The molecule has 1 amide bonds. The summed E-state index contributed by atoms with van der Waals surface area (Å²) in [5, 5.41) is 11.6. The maximum atomic E-state index is 12.3. The number of nitrogens with one attached hydrogen (secondary N) is 1. The van der Waals surface area contributed by atoms with Gasteiger partial charge in [-0.25, -0.2) is 8.42 Å². The maximum absolute atomic E-state index is 12.3. The third-order valence-corrected chi connectivity index (χ3v) is 6.29. The minimum absolute atomic E-state index is 0.0996. The Bertz CT molecular complexity index is 1060. The lowest BCUT2D eigenvalue weighted by Crippen LogP contribution is -2.23. The number of aromatic nitrogens is 2. The van der Waals surface area contributed by atoms with E-state index in [-0.39, 0.29) is 16.6 Å². The second-order valence-electron chi connectivity index (χ2n) is 5.86. The highest BCUT2D eigenvalue weighted by molar-refractivity contribution is 7.92. The molecular weight excluding hydrogens is 422 g/mol. The van der Waals surface area contributed by atoms with E-state index in [1.54, 1.807) is 36.4 Å². The van der Waals surface area contributed by atoms with Gasteiger partial charge in [-0.2, -0.15) is 0 Å². The molecule has 0 fully saturated rings. The number of hydrogen-bond donors (Lipinski definition) is 1. The number of hydrogen-bond acceptors (Lipinski definition) is 7. The minimum Gasteiger partial charge on any atom is -0.486 e. The molecule has 10 heteroatoms. The number of carbonyl (C=O) groups is 1. The Morgan fingerprint density at radius 1 is 1.11 bits per heavy atom. The third-order valence-electron chi connectivity index (χ3n) is 3.59. The smallest absolute Gasteiger partial charge is 0.241 e. The first-order chi connectivity index (χ1) is 13.3. The summed E-state index contributed by atoms with van der Waals surface area (Å²) >= 11 is 6.92. The fourth-order valence-corrected chi connectivity index (χ4v) is 4.13. The van der Waals surface area contributed by atoms with E-state index >= 15 is 0 Å². The van der Waals surface area contributed by atoms with Gasteiger partial charge in [0, 0.05) is 5.02 Å². The number of amides is 1. The zero-order chi connectivity index (χ0) is 20.1. The third kappa shape index (κ3) is 5.51. The van der Waals surface area contributed by atoms with Gasteiger partial charge in [0.1, 0.15) is 18.1 Å². The number of carbonyl (C=O) groups excluding carboxylic acids is 1. The summed E-state index contributed by atoms with van der Waals surface area (Å²) in [4.78, 5) is 12.2. The van der Waals surface area contributed by atoms with Crippen molar-refractivity contribution in [1.82, 2.24) is 10.2 Å². The van der Waals surface area contributed by atoms with Gasteiger partial charge in [-0.1, -0.05) is 40.6 Å². The van der Waals surface area contributed by atoms with Gasteiger partial charge in [0.15, 0.2) is 14.8 Å². The molecule has 0 aliphatic rings. The topological polar surface area (TPSA) is 98.2 Å². The van der Waals surface area contributed by atoms with Crippen molar-refractivity contribution in [1.29, 1.82) is 0 Å². The van der Waals surface area contributed by atoms with Gasteiger partial charge >= 0.3 is 0 Å². The van der Waals surface area contributed by atoms with Crippen molar-refractivity contribution in [2.75, 3.05) is 11.1 Å². The molecule has 3 rings (SSSR count). The van der Waals surface area contributed by atoms with Gasteiger partial charge in [0.2, 0.25) is 11.0 Å². The highest BCUT2D eigenvalue weighted by atomic mass is 35.5. The van der Waals surface area contributed by atoms with Gasteiger partial charge in [-0.05, 0) is 43.3 Å². The van der Waals surface area contributed by atoms with E-state index in [4.69, 9.17) is 16.3 Å². The van der Waals surface area contributed by atoms with E-state index in [1.165, 1.54) is 12.1 Å². The first-order valence-electron chi connectivity index (χ1n) is 8.12. The number of aryl methyl sites for hydroxylation is 1. The van der Waals surface area contributed by atoms with Gasteiger partial charge in [0.25, 0.3) is 0 Å². The van der Waals surface area contributed by atoms with E-state index < -0.39 is 21.5 Å². The summed E-state index contributed by atoms with van der Waals surface area (Å²) in [5.41, 5.74) is 0.936. The lowest BCUT2D eigenvalue weighted by atomic mass is 10.2. The van der Waals surface area contributed by atoms with E-state index in [0.717, 1.165) is 16.9 Å². The summed E-state index contributed by atoms with van der Waals surface area (Å²) < 4.78 is 30.2. The average Bonchev–Trinajstić information content (AvgIpc) is 3.08. The zero-order valence-electron chi connectivity index (χ0n) is 14.8. The van der Waals surface area contributed by atoms with Crippen LogP contribution in [0.1, 0.15) is 10.6 Å². The summed E-state index contributed by atoms with van der Waals surface area (Å²) in [6.07, 6.45) is 0. The molecule has 0 unspecified atom stereocenters. The molecule has 2 aromatic carbocycles. The lowest BCUT2D eigenvalue weighted by molar-refractivity contribution is -0.113. The highest BCUT2D eigenvalue weighted by Crippen LogP contribution is 2.20. The summed E-state index contributed by atoms with van der Waals surface area (Å²) in [5.74, 6) is -0.733. The Morgan fingerprint density at radius 2 is 1.79 bits per heavy atom. The maximum Gasteiger partial charge on any atom is 0.241 e. The first kappa shape index (κ1) is 20.2. The van der Waals surface area contributed by atoms with E-state index in [9.17, 15) is 13.2 Å². The number of anilines is 1. The molecule has 1 aromatic heterocycles. The number of halogens is 1. The van der Waals surface area contributed by atoms with Crippen LogP contribution in [0.2, 0.25) is 5.02 Å². The van der Waals surface area contributed by atoms with Crippen molar-refractivity contribution in [2.24, 2.45) is 0 Å². The average molecular weight is 438 g/mol. The molecule has 0 saturated carbocycles. The number of rotatable bonds is 7. The molecule has 7 nitrogen and oxygen atoms in total. The second kappa shape index (κ2) is 8.68. The van der Waals surface area contributed by atoms with Crippen LogP contribution in [0.15, 0.2) is 53.4 Å². The molecule has 146 valence electrons. The molecule has 1 N–H and O–H groups in total. The van der Waals surface area contributed by atoms with Crippen molar-refractivity contribution in [3.05, 3.63) is 64.1 Å². The monoisotopic (exact) mass is 437 g/mol. The first-order valence-corrected chi connectivity index (χ1v) is 11.0. The molecule has 0 atom stereocenters. The van der Waals surface area contributed by atoms with Gasteiger partial charge in [-0.15, -0.1) is 10.2 Å². The van der Waals surface area contributed by atoms with Crippen LogP contribution < -0.4 is 10.1 Å². The van der Waals surface area contributed by atoms with Crippen LogP contribution in [0.5, 0.6) is 5.75 Å². The van der Waals surface area contributed by atoms with Crippen LogP contribution in [-0.2, 0) is 21.2 Å². The van der Waals surface area contributed by atoms with Crippen molar-refractivity contribution in [3.8, 4) is 5.75 Å². The van der Waals surface area contributed by atoms with Crippen LogP contribution in [0, 0.1) is 6.92 Å². The summed E-state index contributed by atoms with van der Waals surface area (Å²) in [6, 6.07) is 13.2. The number of sulfone groups is 1. The molecule has 0 radical (unpaired) electrons. The number of benzene rings is 2. The molecule has 0 bridgehead atoms. The van der Waals surface area contributed by atoms with E-state index in [1.807, 2.05) is 6.92 Å². The minimum atomic E-state index is -3.73. The zero-order valence-corrected chi connectivity index (χ0v) is 17.1. The Labute approximate surface area is 171 Å². The van der Waals surface area contributed by atoms with E-state index in [0.29, 0.717) is 15.8 Å². The summed E-state index contributed by atoms with van der Waals surface area (Å²) in [6.45, 7) is 2.02. The Morgan fingerprint density at radius 3 is 2.46 bits per heavy atom. The van der Waals surface area contributed by atoms with Crippen LogP contribution in [0.4, 0.5) is 5.13 Å². The molecule has 3 aromatic rings. The van der Waals surface area contributed by atoms with Crippen molar-refractivity contribution in [3.63, 3.8) is 0 Å². The van der Waals surface area contributed by atoms with Crippen LogP contribution in [-0.4, -0.2) is 30.3 Å². The van der Waals surface area contributed by atoms with Gasteiger partial charge in [0.05, 0.1) is 4.90 Å². The van der Waals surface area contributed by atoms with Crippen molar-refractivity contribution >= 4 is 43.8 Å². The largest absolute Gasteiger partial charge is 0.486 e. The number of nitrogens with zero attached hydrogens (tertiary/aromatic N) is 2. The quantitative estimate of drug-likeness (QED) is 0.607. The Hall–Kier alpha value is -2.49. The van der Waals surface area contributed by atoms with Gasteiger partial charge < -0.3 is 4.74 Å². The molecular formula is C18H16ClN3O4S2. The fourth-order valence-electron chi connectivity index (χ4n) is 2.20. The standard InChI is InChI=1S/C18H16ClN3O4S2/c1-12-2-8-15(9-3-12)28(24,25)11-16(23)20-18-22-21-17(27-18)10-26-14-6-4-13(19)5-7-14/h2-9H,10-11H2,1H3,(H,20,22,23).